The summed E-state index contributed by atoms with van der Waals surface area (Å²) in [4.78, 5) is 11.6. The summed E-state index contributed by atoms with van der Waals surface area (Å²) >= 11 is 0. The van der Waals surface area contributed by atoms with Crippen LogP contribution >= 0.6 is 0 Å². The van der Waals surface area contributed by atoms with E-state index in [9.17, 15) is 4.79 Å². The Kier molecular flexibility index (Phi) is 3.77. The average molecular weight is 232 g/mol. The minimum atomic E-state index is 0.0445. The van der Waals surface area contributed by atoms with Crippen LogP contribution in [0.4, 0.5) is 5.69 Å². The smallest absolute Gasteiger partial charge is 0.224 e. The number of nitrogens with one attached hydrogen (secondary N) is 2. The molecule has 1 heterocycles. The lowest BCUT2D eigenvalue weighted by Crippen LogP contribution is -2.15. The van der Waals surface area contributed by atoms with Crippen LogP contribution in [0.25, 0.3) is 11.0 Å². The van der Waals surface area contributed by atoms with Crippen LogP contribution in [0.3, 0.4) is 0 Å². The van der Waals surface area contributed by atoms with Crippen molar-refractivity contribution in [1.29, 1.82) is 0 Å². The Morgan fingerprint density at radius 2 is 2.24 bits per heavy atom. The Bertz CT molecular complexity index is 505. The minimum Gasteiger partial charge on any atom is -0.464 e. The van der Waals surface area contributed by atoms with E-state index in [0.29, 0.717) is 6.42 Å². The van der Waals surface area contributed by atoms with E-state index in [1.807, 2.05) is 31.3 Å². The molecule has 2 aromatic rings. The van der Waals surface area contributed by atoms with Gasteiger partial charge in [0.05, 0.1) is 6.26 Å². The van der Waals surface area contributed by atoms with Crippen LogP contribution in [0.2, 0.25) is 0 Å². The number of amides is 1. The summed E-state index contributed by atoms with van der Waals surface area (Å²) in [6.45, 7) is 0.855. The molecule has 0 aliphatic rings. The fourth-order valence-electron chi connectivity index (χ4n) is 1.69. The van der Waals surface area contributed by atoms with Gasteiger partial charge in [-0.3, -0.25) is 4.79 Å². The van der Waals surface area contributed by atoms with Crippen molar-refractivity contribution in [2.45, 2.75) is 12.8 Å². The summed E-state index contributed by atoms with van der Waals surface area (Å²) < 4.78 is 5.24. The predicted octanol–water partition coefficient (Wildman–Crippen LogP) is 2.37. The first-order chi connectivity index (χ1) is 8.29. The Morgan fingerprint density at radius 1 is 1.35 bits per heavy atom. The number of benzene rings is 1. The van der Waals surface area contributed by atoms with E-state index in [2.05, 4.69) is 10.6 Å². The lowest BCUT2D eigenvalue weighted by molar-refractivity contribution is -0.116. The fourth-order valence-corrected chi connectivity index (χ4v) is 1.69. The van der Waals surface area contributed by atoms with Gasteiger partial charge in [0.2, 0.25) is 5.91 Å². The second-order valence-corrected chi connectivity index (χ2v) is 3.93. The number of hydrogen-bond acceptors (Lipinski definition) is 3. The maximum atomic E-state index is 11.6. The van der Waals surface area contributed by atoms with Crippen LogP contribution in [0.5, 0.6) is 0 Å². The monoisotopic (exact) mass is 232 g/mol. The average Bonchev–Trinajstić information content (AvgIpc) is 2.76. The molecule has 0 bridgehead atoms. The SMILES string of the molecule is CNCCCC(=O)Nc1ccc2occc2c1. The lowest BCUT2D eigenvalue weighted by atomic mass is 10.2. The third-order valence-corrected chi connectivity index (χ3v) is 2.57. The second kappa shape index (κ2) is 5.50. The molecule has 0 radical (unpaired) electrons. The summed E-state index contributed by atoms with van der Waals surface area (Å²) in [5, 5.41) is 6.89. The largest absolute Gasteiger partial charge is 0.464 e. The van der Waals surface area contributed by atoms with Crippen LogP contribution in [0.1, 0.15) is 12.8 Å². The number of rotatable bonds is 5. The number of hydrogen-bond donors (Lipinski definition) is 2. The molecule has 1 aromatic carbocycles. The zero-order valence-corrected chi connectivity index (χ0v) is 9.82. The maximum Gasteiger partial charge on any atom is 0.224 e. The molecule has 2 N–H and O–H groups in total. The van der Waals surface area contributed by atoms with Gasteiger partial charge in [-0.25, -0.2) is 0 Å². The van der Waals surface area contributed by atoms with Crippen molar-refractivity contribution in [3.63, 3.8) is 0 Å². The van der Waals surface area contributed by atoms with Gasteiger partial charge in [0.1, 0.15) is 5.58 Å². The molecule has 0 aliphatic heterocycles. The number of anilines is 1. The third-order valence-electron chi connectivity index (χ3n) is 2.57. The molecule has 1 aromatic heterocycles. The minimum absolute atomic E-state index is 0.0445. The summed E-state index contributed by atoms with van der Waals surface area (Å²) in [6.07, 6.45) is 3.02. The molecule has 0 spiro atoms. The first-order valence-corrected chi connectivity index (χ1v) is 5.71. The van der Waals surface area contributed by atoms with Crippen LogP contribution < -0.4 is 10.6 Å². The van der Waals surface area contributed by atoms with Crippen molar-refractivity contribution >= 4 is 22.6 Å². The normalized spacial score (nSPS) is 10.6. The zero-order valence-electron chi connectivity index (χ0n) is 9.82. The molecule has 4 heteroatoms. The van der Waals surface area contributed by atoms with Gasteiger partial charge in [0, 0.05) is 17.5 Å². The Morgan fingerprint density at radius 3 is 3.06 bits per heavy atom. The van der Waals surface area contributed by atoms with Gasteiger partial charge in [-0.1, -0.05) is 0 Å². The van der Waals surface area contributed by atoms with Crippen molar-refractivity contribution in [3.05, 3.63) is 30.5 Å². The van der Waals surface area contributed by atoms with Crippen LogP contribution in [-0.4, -0.2) is 19.5 Å². The number of furan rings is 1. The molecule has 0 atom stereocenters. The van der Waals surface area contributed by atoms with E-state index in [1.165, 1.54) is 0 Å². The van der Waals surface area contributed by atoms with Crippen molar-refractivity contribution in [3.8, 4) is 0 Å². The molecule has 0 saturated carbocycles. The molecule has 0 saturated heterocycles. The molecule has 17 heavy (non-hydrogen) atoms. The standard InChI is InChI=1S/C13H16N2O2/c1-14-7-2-3-13(16)15-11-4-5-12-10(9-11)6-8-17-12/h4-6,8-9,14H,2-3,7H2,1H3,(H,15,16). The highest BCUT2D eigenvalue weighted by molar-refractivity contribution is 5.93. The van der Waals surface area contributed by atoms with E-state index in [4.69, 9.17) is 4.42 Å². The number of carbonyl (C=O) groups is 1. The Labute approximate surface area is 100.0 Å². The van der Waals surface area contributed by atoms with Crippen molar-refractivity contribution in [1.82, 2.24) is 5.32 Å². The van der Waals surface area contributed by atoms with E-state index in [1.54, 1.807) is 6.26 Å². The van der Waals surface area contributed by atoms with Crippen LogP contribution in [-0.2, 0) is 4.79 Å². The molecular formula is C13H16N2O2. The molecule has 1 amide bonds. The number of carbonyl (C=O) groups excluding carboxylic acids is 1. The highest BCUT2D eigenvalue weighted by Gasteiger charge is 2.03. The van der Waals surface area contributed by atoms with Crippen LogP contribution in [0, 0.1) is 0 Å². The van der Waals surface area contributed by atoms with Crippen molar-refractivity contribution < 1.29 is 9.21 Å². The highest BCUT2D eigenvalue weighted by atomic mass is 16.3. The summed E-state index contributed by atoms with van der Waals surface area (Å²) in [6, 6.07) is 7.50. The van der Waals surface area contributed by atoms with Gasteiger partial charge in [-0.2, -0.15) is 0 Å². The van der Waals surface area contributed by atoms with Crippen molar-refractivity contribution in [2.24, 2.45) is 0 Å². The molecule has 0 fully saturated rings. The van der Waals surface area contributed by atoms with Crippen molar-refractivity contribution in [2.75, 3.05) is 18.9 Å². The second-order valence-electron chi connectivity index (χ2n) is 3.93. The predicted molar refractivity (Wildman–Crippen MR) is 68.0 cm³/mol. The molecule has 2 rings (SSSR count). The first-order valence-electron chi connectivity index (χ1n) is 5.71. The van der Waals surface area contributed by atoms with Gasteiger partial charge >= 0.3 is 0 Å². The van der Waals surface area contributed by atoms with E-state index in [0.717, 1.165) is 29.6 Å². The van der Waals surface area contributed by atoms with Gasteiger partial charge in [-0.15, -0.1) is 0 Å². The topological polar surface area (TPSA) is 54.3 Å². The molecule has 0 unspecified atom stereocenters. The van der Waals surface area contributed by atoms with Gasteiger partial charge in [-0.05, 0) is 44.3 Å². The van der Waals surface area contributed by atoms with Gasteiger partial charge in [0.15, 0.2) is 0 Å². The summed E-state index contributed by atoms with van der Waals surface area (Å²) in [7, 11) is 1.88. The lowest BCUT2D eigenvalue weighted by Gasteiger charge is -2.04. The molecule has 90 valence electrons. The summed E-state index contributed by atoms with van der Waals surface area (Å²) in [5.41, 5.74) is 1.64. The van der Waals surface area contributed by atoms with Gasteiger partial charge < -0.3 is 15.1 Å². The zero-order chi connectivity index (χ0) is 12.1. The number of fused-ring (bicyclic) bond motifs is 1. The highest BCUT2D eigenvalue weighted by Crippen LogP contribution is 2.20. The van der Waals surface area contributed by atoms with E-state index < -0.39 is 0 Å². The Balaban J connectivity index is 1.95. The molecule has 4 nitrogen and oxygen atoms in total. The van der Waals surface area contributed by atoms with Crippen LogP contribution in [0.15, 0.2) is 34.9 Å². The molecule has 0 aliphatic carbocycles. The first kappa shape index (κ1) is 11.7. The quantitative estimate of drug-likeness (QED) is 0.778. The molecular weight excluding hydrogens is 216 g/mol. The van der Waals surface area contributed by atoms with E-state index in [-0.39, 0.29) is 5.91 Å². The maximum absolute atomic E-state index is 11.6. The summed E-state index contributed by atoms with van der Waals surface area (Å²) in [5.74, 6) is 0.0445. The fraction of sp³-hybridized carbons (Fsp3) is 0.308. The van der Waals surface area contributed by atoms with Gasteiger partial charge in [0.25, 0.3) is 0 Å². The Hall–Kier alpha value is -1.81. The van der Waals surface area contributed by atoms with E-state index >= 15 is 0 Å². The third kappa shape index (κ3) is 3.07.